The number of thiazole rings is 1. The summed E-state index contributed by atoms with van der Waals surface area (Å²) >= 11 is 2.90. The molecule has 3 aromatic rings. The summed E-state index contributed by atoms with van der Waals surface area (Å²) in [4.78, 5) is 18.9. The number of nitrogens with zero attached hydrogens (tertiary/aromatic N) is 2. The van der Waals surface area contributed by atoms with Crippen LogP contribution in [-0.4, -0.2) is 20.5 Å². The van der Waals surface area contributed by atoms with E-state index in [0.29, 0.717) is 4.88 Å². The van der Waals surface area contributed by atoms with Gasteiger partial charge in [-0.1, -0.05) is 11.3 Å². The van der Waals surface area contributed by atoms with E-state index in [9.17, 15) is 4.79 Å². The van der Waals surface area contributed by atoms with Gasteiger partial charge in [0.2, 0.25) is 0 Å². The van der Waals surface area contributed by atoms with E-state index in [1.165, 1.54) is 16.2 Å². The van der Waals surface area contributed by atoms with Crippen molar-refractivity contribution in [1.29, 1.82) is 0 Å². The molecule has 3 heterocycles. The molecule has 3 rings (SSSR count). The molecule has 3 aromatic heterocycles. The number of aryl methyl sites for hydroxylation is 2. The fourth-order valence-electron chi connectivity index (χ4n) is 1.84. The van der Waals surface area contributed by atoms with Gasteiger partial charge in [0.25, 0.3) is 0 Å². The minimum absolute atomic E-state index is 0.353. The molecule has 0 amide bonds. The summed E-state index contributed by atoms with van der Waals surface area (Å²) in [5, 5.41) is 9.05. The van der Waals surface area contributed by atoms with Crippen molar-refractivity contribution >= 4 is 33.6 Å². The van der Waals surface area contributed by atoms with E-state index in [4.69, 9.17) is 5.11 Å². The minimum Gasteiger partial charge on any atom is -0.477 e. The number of aromatic nitrogens is 2. The quantitative estimate of drug-likeness (QED) is 0.781. The Labute approximate surface area is 111 Å². The third-order valence-corrected chi connectivity index (χ3v) is 4.91. The SMILES string of the molecule is Cc1ccc(-c2cn3c(C)c(C(=O)O)sc3n2)s1. The number of carboxylic acid groups (broad SMARTS) is 1. The van der Waals surface area contributed by atoms with Crippen LogP contribution < -0.4 is 0 Å². The maximum Gasteiger partial charge on any atom is 0.347 e. The number of carbonyl (C=O) groups is 1. The Bertz CT molecular complexity index is 751. The van der Waals surface area contributed by atoms with E-state index in [0.717, 1.165) is 21.2 Å². The molecule has 0 aliphatic heterocycles. The number of hydrogen-bond acceptors (Lipinski definition) is 4. The summed E-state index contributed by atoms with van der Waals surface area (Å²) in [7, 11) is 0. The molecule has 0 aromatic carbocycles. The van der Waals surface area contributed by atoms with Gasteiger partial charge in [-0.05, 0) is 26.0 Å². The standard InChI is InChI=1S/C12H10N2O2S2/c1-6-3-4-9(17-6)8-5-14-7(2)10(11(15)16)18-12(14)13-8/h3-5H,1-2H3,(H,15,16). The van der Waals surface area contributed by atoms with Gasteiger partial charge < -0.3 is 5.11 Å². The third-order valence-electron chi connectivity index (χ3n) is 2.74. The van der Waals surface area contributed by atoms with Crippen molar-refractivity contribution in [3.05, 3.63) is 33.8 Å². The van der Waals surface area contributed by atoms with Crippen molar-refractivity contribution < 1.29 is 9.90 Å². The van der Waals surface area contributed by atoms with Crippen LogP contribution in [0.5, 0.6) is 0 Å². The Balaban J connectivity index is 2.16. The van der Waals surface area contributed by atoms with Crippen molar-refractivity contribution in [2.45, 2.75) is 13.8 Å². The first-order valence-electron chi connectivity index (χ1n) is 5.35. The first-order valence-corrected chi connectivity index (χ1v) is 6.98. The Hall–Kier alpha value is -1.66. The van der Waals surface area contributed by atoms with Crippen LogP contribution in [0.3, 0.4) is 0 Å². The smallest absolute Gasteiger partial charge is 0.347 e. The molecule has 92 valence electrons. The lowest BCUT2D eigenvalue weighted by atomic mass is 10.3. The summed E-state index contributed by atoms with van der Waals surface area (Å²) in [6, 6.07) is 4.10. The van der Waals surface area contributed by atoms with Gasteiger partial charge >= 0.3 is 5.97 Å². The van der Waals surface area contributed by atoms with Crippen LogP contribution in [0, 0.1) is 13.8 Å². The van der Waals surface area contributed by atoms with Gasteiger partial charge in [-0.3, -0.25) is 4.40 Å². The number of aromatic carboxylic acids is 1. The van der Waals surface area contributed by atoms with Crippen LogP contribution in [0.15, 0.2) is 18.3 Å². The molecule has 0 unspecified atom stereocenters. The number of imidazole rings is 1. The van der Waals surface area contributed by atoms with Crippen LogP contribution in [0.2, 0.25) is 0 Å². The molecular weight excluding hydrogens is 268 g/mol. The molecule has 4 nitrogen and oxygen atoms in total. The Morgan fingerprint density at radius 2 is 2.11 bits per heavy atom. The largest absolute Gasteiger partial charge is 0.477 e. The summed E-state index contributed by atoms with van der Waals surface area (Å²) in [5.74, 6) is -0.892. The van der Waals surface area contributed by atoms with Crippen LogP contribution >= 0.6 is 22.7 Å². The first-order chi connectivity index (χ1) is 8.56. The molecule has 0 atom stereocenters. The topological polar surface area (TPSA) is 54.6 Å². The normalized spacial score (nSPS) is 11.2. The highest BCUT2D eigenvalue weighted by atomic mass is 32.1. The van der Waals surface area contributed by atoms with Gasteiger partial charge in [0, 0.05) is 16.8 Å². The van der Waals surface area contributed by atoms with E-state index in [-0.39, 0.29) is 0 Å². The van der Waals surface area contributed by atoms with Gasteiger partial charge in [0.1, 0.15) is 10.6 Å². The summed E-state index contributed by atoms with van der Waals surface area (Å²) in [5.41, 5.74) is 1.63. The van der Waals surface area contributed by atoms with Gasteiger partial charge in [-0.15, -0.1) is 11.3 Å². The predicted molar refractivity (Wildman–Crippen MR) is 72.8 cm³/mol. The molecule has 0 fully saturated rings. The zero-order chi connectivity index (χ0) is 12.9. The van der Waals surface area contributed by atoms with Crippen molar-refractivity contribution in [3.63, 3.8) is 0 Å². The second-order valence-corrected chi connectivity index (χ2v) is 6.28. The average molecular weight is 278 g/mol. The maximum atomic E-state index is 11.0. The van der Waals surface area contributed by atoms with E-state index in [1.807, 2.05) is 16.7 Å². The van der Waals surface area contributed by atoms with Crippen molar-refractivity contribution in [1.82, 2.24) is 9.38 Å². The molecule has 0 aliphatic rings. The Morgan fingerprint density at radius 1 is 1.33 bits per heavy atom. The number of thiophene rings is 1. The van der Waals surface area contributed by atoms with Crippen molar-refractivity contribution in [2.75, 3.05) is 0 Å². The summed E-state index contributed by atoms with van der Waals surface area (Å²) < 4.78 is 1.85. The highest BCUT2D eigenvalue weighted by molar-refractivity contribution is 7.19. The van der Waals surface area contributed by atoms with Crippen LogP contribution in [0.1, 0.15) is 20.2 Å². The highest BCUT2D eigenvalue weighted by Crippen LogP contribution is 2.30. The second-order valence-electron chi connectivity index (χ2n) is 4.01. The van der Waals surface area contributed by atoms with Gasteiger partial charge in [-0.25, -0.2) is 9.78 Å². The zero-order valence-corrected chi connectivity index (χ0v) is 11.4. The predicted octanol–water partition coefficient (Wildman–Crippen LogP) is 3.44. The van der Waals surface area contributed by atoms with Crippen LogP contribution in [0.25, 0.3) is 15.5 Å². The average Bonchev–Trinajstić information content (AvgIpc) is 2.95. The fraction of sp³-hybridized carbons (Fsp3) is 0.167. The lowest BCUT2D eigenvalue weighted by molar-refractivity contribution is 0.0701. The number of carboxylic acids is 1. The third kappa shape index (κ3) is 1.65. The monoisotopic (exact) mass is 278 g/mol. The van der Waals surface area contributed by atoms with Crippen LogP contribution in [-0.2, 0) is 0 Å². The molecule has 18 heavy (non-hydrogen) atoms. The maximum absolute atomic E-state index is 11.0. The minimum atomic E-state index is -0.892. The highest BCUT2D eigenvalue weighted by Gasteiger charge is 2.17. The number of fused-ring (bicyclic) bond motifs is 1. The lowest BCUT2D eigenvalue weighted by Gasteiger charge is -1.91. The van der Waals surface area contributed by atoms with Gasteiger partial charge in [0.15, 0.2) is 4.96 Å². The Morgan fingerprint density at radius 3 is 2.67 bits per heavy atom. The lowest BCUT2D eigenvalue weighted by Crippen LogP contribution is -1.96. The number of hydrogen-bond donors (Lipinski definition) is 1. The molecule has 0 bridgehead atoms. The van der Waals surface area contributed by atoms with E-state index in [1.54, 1.807) is 18.3 Å². The molecule has 6 heteroatoms. The molecule has 0 saturated carbocycles. The van der Waals surface area contributed by atoms with Gasteiger partial charge in [0.05, 0.1) is 4.88 Å². The Kier molecular flexibility index (Phi) is 2.49. The van der Waals surface area contributed by atoms with E-state index < -0.39 is 5.97 Å². The fourth-order valence-corrected chi connectivity index (χ4v) is 3.61. The molecule has 0 saturated heterocycles. The molecule has 0 radical (unpaired) electrons. The van der Waals surface area contributed by atoms with E-state index in [2.05, 4.69) is 18.0 Å². The van der Waals surface area contributed by atoms with Crippen molar-refractivity contribution in [3.8, 4) is 10.6 Å². The molecule has 0 aliphatic carbocycles. The molecular formula is C12H10N2O2S2. The van der Waals surface area contributed by atoms with Crippen molar-refractivity contribution in [2.24, 2.45) is 0 Å². The molecule has 0 spiro atoms. The first kappa shape index (κ1) is 11.4. The van der Waals surface area contributed by atoms with Gasteiger partial charge in [-0.2, -0.15) is 0 Å². The van der Waals surface area contributed by atoms with E-state index >= 15 is 0 Å². The van der Waals surface area contributed by atoms with Crippen LogP contribution in [0.4, 0.5) is 0 Å². The molecule has 1 N–H and O–H groups in total. The summed E-state index contributed by atoms with van der Waals surface area (Å²) in [6.45, 7) is 3.86. The summed E-state index contributed by atoms with van der Waals surface area (Å²) in [6.07, 6.45) is 1.90. The second kappa shape index (κ2) is 3.93. The number of rotatable bonds is 2. The zero-order valence-electron chi connectivity index (χ0n) is 9.80.